The van der Waals surface area contributed by atoms with E-state index in [9.17, 15) is 14.4 Å². The van der Waals surface area contributed by atoms with Crippen LogP contribution in [0.25, 0.3) is 10.2 Å². The van der Waals surface area contributed by atoms with Crippen LogP contribution in [0.2, 0.25) is 0 Å². The molecule has 2 aromatic heterocycles. The summed E-state index contributed by atoms with van der Waals surface area (Å²) in [5.74, 6) is 0.687. The maximum Gasteiger partial charge on any atom is 0.332 e. The standard InChI is InChI=1S/C18H27N3O3S/c1-12(2)5-8-19-15(22)11-21-14-7-10-25-16(14)17(23)20(18(21)24)9-6-13(3)4/h7,10,12-13H,5-6,8-9,11H2,1-4H3,(H,19,22). The molecule has 2 heterocycles. The van der Waals surface area contributed by atoms with Crippen molar-refractivity contribution in [1.82, 2.24) is 14.5 Å². The molecule has 0 aliphatic rings. The SMILES string of the molecule is CC(C)CCNC(=O)Cn1c(=O)n(CCC(C)C)c(=O)c2sccc21. The number of hydrogen-bond donors (Lipinski definition) is 1. The number of amides is 1. The van der Waals surface area contributed by atoms with E-state index >= 15 is 0 Å². The minimum Gasteiger partial charge on any atom is -0.355 e. The van der Waals surface area contributed by atoms with Crippen LogP contribution >= 0.6 is 11.3 Å². The number of aromatic nitrogens is 2. The molecule has 0 fully saturated rings. The van der Waals surface area contributed by atoms with Gasteiger partial charge in [-0.15, -0.1) is 11.3 Å². The van der Waals surface area contributed by atoms with E-state index in [4.69, 9.17) is 0 Å². The largest absolute Gasteiger partial charge is 0.355 e. The van der Waals surface area contributed by atoms with E-state index in [2.05, 4.69) is 33.0 Å². The van der Waals surface area contributed by atoms with E-state index in [0.29, 0.717) is 35.1 Å². The molecule has 0 aliphatic heterocycles. The van der Waals surface area contributed by atoms with Gasteiger partial charge < -0.3 is 5.32 Å². The van der Waals surface area contributed by atoms with Gasteiger partial charge in [-0.05, 0) is 36.1 Å². The van der Waals surface area contributed by atoms with Crippen LogP contribution in [0, 0.1) is 11.8 Å². The van der Waals surface area contributed by atoms with Crippen LogP contribution in [0.3, 0.4) is 0 Å². The maximum absolute atomic E-state index is 12.8. The van der Waals surface area contributed by atoms with E-state index in [1.807, 2.05) is 0 Å². The van der Waals surface area contributed by atoms with E-state index in [-0.39, 0.29) is 18.0 Å². The summed E-state index contributed by atoms with van der Waals surface area (Å²) < 4.78 is 3.21. The Morgan fingerprint density at radius 1 is 1.12 bits per heavy atom. The smallest absolute Gasteiger partial charge is 0.332 e. The third-order valence-corrected chi connectivity index (χ3v) is 5.00. The fourth-order valence-corrected chi connectivity index (χ4v) is 3.41. The lowest BCUT2D eigenvalue weighted by Crippen LogP contribution is -2.42. The number of hydrogen-bond acceptors (Lipinski definition) is 4. The summed E-state index contributed by atoms with van der Waals surface area (Å²) in [6.07, 6.45) is 1.63. The second-order valence-corrected chi connectivity index (χ2v) is 8.09. The normalized spacial score (nSPS) is 11.6. The van der Waals surface area contributed by atoms with Crippen molar-refractivity contribution in [2.75, 3.05) is 6.54 Å². The van der Waals surface area contributed by atoms with Crippen molar-refractivity contribution in [3.05, 3.63) is 32.3 Å². The second kappa shape index (κ2) is 8.47. The molecule has 6 nitrogen and oxygen atoms in total. The number of carbonyl (C=O) groups excluding carboxylic acids is 1. The number of nitrogens with zero attached hydrogens (tertiary/aromatic N) is 2. The molecule has 0 atom stereocenters. The molecule has 0 unspecified atom stereocenters. The average molecular weight is 365 g/mol. The first kappa shape index (κ1) is 19.4. The Morgan fingerprint density at radius 3 is 2.44 bits per heavy atom. The first-order valence-corrected chi connectivity index (χ1v) is 9.66. The van der Waals surface area contributed by atoms with Gasteiger partial charge in [0.05, 0.1) is 5.52 Å². The summed E-state index contributed by atoms with van der Waals surface area (Å²) in [6.45, 7) is 9.19. The molecule has 1 N–H and O–H groups in total. The van der Waals surface area contributed by atoms with Crippen molar-refractivity contribution < 1.29 is 4.79 Å². The Balaban J connectivity index is 2.32. The summed E-state index contributed by atoms with van der Waals surface area (Å²) in [4.78, 5) is 37.6. The van der Waals surface area contributed by atoms with Gasteiger partial charge in [-0.1, -0.05) is 27.7 Å². The number of carbonyl (C=O) groups is 1. The highest BCUT2D eigenvalue weighted by molar-refractivity contribution is 7.17. The summed E-state index contributed by atoms with van der Waals surface area (Å²) in [7, 11) is 0. The number of rotatable bonds is 8. The van der Waals surface area contributed by atoms with Gasteiger partial charge in [0.25, 0.3) is 5.56 Å². The Kier molecular flexibility index (Phi) is 6.58. The molecule has 0 spiro atoms. The molecule has 7 heteroatoms. The van der Waals surface area contributed by atoms with Gasteiger partial charge in [-0.2, -0.15) is 0 Å². The van der Waals surface area contributed by atoms with E-state index in [1.54, 1.807) is 11.4 Å². The molecule has 0 aliphatic carbocycles. The molecule has 0 bridgehead atoms. The van der Waals surface area contributed by atoms with Gasteiger partial charge in [0.2, 0.25) is 5.91 Å². The van der Waals surface area contributed by atoms with Crippen molar-refractivity contribution in [2.45, 2.75) is 53.6 Å². The highest BCUT2D eigenvalue weighted by atomic mass is 32.1. The fourth-order valence-electron chi connectivity index (χ4n) is 2.57. The van der Waals surface area contributed by atoms with E-state index < -0.39 is 5.69 Å². The zero-order chi connectivity index (χ0) is 18.6. The van der Waals surface area contributed by atoms with Crippen molar-refractivity contribution in [1.29, 1.82) is 0 Å². The highest BCUT2D eigenvalue weighted by Crippen LogP contribution is 2.15. The minimum atomic E-state index is -0.407. The average Bonchev–Trinajstić information content (AvgIpc) is 3.00. The molecule has 2 aromatic rings. The lowest BCUT2D eigenvalue weighted by atomic mass is 10.1. The Bertz CT molecular complexity index is 845. The number of thiophene rings is 1. The lowest BCUT2D eigenvalue weighted by Gasteiger charge is -2.13. The van der Waals surface area contributed by atoms with Gasteiger partial charge in [-0.3, -0.25) is 18.7 Å². The van der Waals surface area contributed by atoms with Crippen molar-refractivity contribution in [2.24, 2.45) is 11.8 Å². The lowest BCUT2D eigenvalue weighted by molar-refractivity contribution is -0.121. The van der Waals surface area contributed by atoms with Crippen molar-refractivity contribution in [3.8, 4) is 0 Å². The quantitative estimate of drug-likeness (QED) is 0.781. The predicted octanol–water partition coefficient (Wildman–Crippen LogP) is 2.43. The molecule has 0 radical (unpaired) electrons. The molecule has 2 rings (SSSR count). The fraction of sp³-hybridized carbons (Fsp3) is 0.611. The minimum absolute atomic E-state index is 0.0634. The predicted molar refractivity (Wildman–Crippen MR) is 102 cm³/mol. The molecule has 1 amide bonds. The highest BCUT2D eigenvalue weighted by Gasteiger charge is 2.16. The Morgan fingerprint density at radius 2 is 1.80 bits per heavy atom. The number of nitrogens with one attached hydrogen (secondary N) is 1. The Labute approximate surface area is 151 Å². The molecule has 0 aromatic carbocycles. The Hall–Kier alpha value is -1.89. The van der Waals surface area contributed by atoms with Gasteiger partial charge in [0.1, 0.15) is 11.2 Å². The van der Waals surface area contributed by atoms with Gasteiger partial charge in [0, 0.05) is 13.1 Å². The monoisotopic (exact) mass is 365 g/mol. The van der Waals surface area contributed by atoms with Crippen LogP contribution in [-0.4, -0.2) is 21.6 Å². The molecule has 138 valence electrons. The molecule has 25 heavy (non-hydrogen) atoms. The third kappa shape index (κ3) is 4.81. The molecular weight excluding hydrogens is 338 g/mol. The van der Waals surface area contributed by atoms with Crippen LogP contribution in [0.4, 0.5) is 0 Å². The van der Waals surface area contributed by atoms with Crippen molar-refractivity contribution >= 4 is 27.5 Å². The van der Waals surface area contributed by atoms with Crippen LogP contribution in [0.5, 0.6) is 0 Å². The van der Waals surface area contributed by atoms with Crippen LogP contribution in [0.15, 0.2) is 21.0 Å². The van der Waals surface area contributed by atoms with E-state index in [0.717, 1.165) is 12.8 Å². The first-order valence-electron chi connectivity index (χ1n) is 8.78. The summed E-state index contributed by atoms with van der Waals surface area (Å²) >= 11 is 1.31. The zero-order valence-electron chi connectivity index (χ0n) is 15.4. The van der Waals surface area contributed by atoms with Crippen LogP contribution < -0.4 is 16.6 Å². The molecule has 0 saturated carbocycles. The molecular formula is C18H27N3O3S. The van der Waals surface area contributed by atoms with Gasteiger partial charge in [-0.25, -0.2) is 4.79 Å². The van der Waals surface area contributed by atoms with Crippen LogP contribution in [0.1, 0.15) is 40.5 Å². The van der Waals surface area contributed by atoms with Gasteiger partial charge in [0.15, 0.2) is 0 Å². The maximum atomic E-state index is 12.8. The third-order valence-electron chi connectivity index (χ3n) is 4.11. The number of fused-ring (bicyclic) bond motifs is 1. The van der Waals surface area contributed by atoms with Crippen molar-refractivity contribution in [3.63, 3.8) is 0 Å². The van der Waals surface area contributed by atoms with E-state index in [1.165, 1.54) is 20.5 Å². The molecule has 0 saturated heterocycles. The summed E-state index contributed by atoms with van der Waals surface area (Å²) in [6, 6.07) is 1.73. The topological polar surface area (TPSA) is 73.1 Å². The summed E-state index contributed by atoms with van der Waals surface area (Å²) in [5.41, 5.74) is -0.123. The zero-order valence-corrected chi connectivity index (χ0v) is 16.2. The first-order chi connectivity index (χ1) is 11.8. The van der Waals surface area contributed by atoms with Crippen LogP contribution in [-0.2, 0) is 17.9 Å². The summed E-state index contributed by atoms with van der Waals surface area (Å²) in [5, 5.41) is 4.63. The van der Waals surface area contributed by atoms with Gasteiger partial charge >= 0.3 is 5.69 Å². The second-order valence-electron chi connectivity index (χ2n) is 7.18.